The van der Waals surface area contributed by atoms with Gasteiger partial charge in [0.15, 0.2) is 0 Å². The lowest BCUT2D eigenvalue weighted by molar-refractivity contribution is -0.118. The number of amides is 2. The van der Waals surface area contributed by atoms with Crippen molar-refractivity contribution in [2.75, 3.05) is 6.54 Å². The second-order valence-corrected chi connectivity index (χ2v) is 11.3. The lowest BCUT2D eigenvalue weighted by Crippen LogP contribution is -2.44. The Hall–Kier alpha value is -4.23. The summed E-state index contributed by atoms with van der Waals surface area (Å²) < 4.78 is 2.15. The number of hydrogen-bond donors (Lipinski definition) is 2. The first kappa shape index (κ1) is 28.8. The van der Waals surface area contributed by atoms with Gasteiger partial charge in [-0.2, -0.15) is 0 Å². The van der Waals surface area contributed by atoms with Crippen molar-refractivity contribution in [3.8, 4) is 11.3 Å². The number of hydrogen-bond acceptors (Lipinski definition) is 4. The van der Waals surface area contributed by atoms with Crippen molar-refractivity contribution in [2.24, 2.45) is 16.9 Å². The highest BCUT2D eigenvalue weighted by molar-refractivity contribution is 5.94. The molecular weight excluding hydrogens is 498 g/mol. The predicted octanol–water partition coefficient (Wildman–Crippen LogP) is 5.42. The van der Waals surface area contributed by atoms with Crippen LogP contribution in [0.15, 0.2) is 97.2 Å². The van der Waals surface area contributed by atoms with Gasteiger partial charge in [0, 0.05) is 42.9 Å². The molecule has 208 valence electrons. The quantitative estimate of drug-likeness (QED) is 0.266. The molecule has 1 heterocycles. The number of aromatic nitrogens is 2. The number of primary amides is 1. The minimum absolute atomic E-state index is 0.0638. The van der Waals surface area contributed by atoms with Crippen molar-refractivity contribution in [1.82, 2.24) is 14.5 Å². The Morgan fingerprint density at radius 3 is 2.05 bits per heavy atom. The maximum absolute atomic E-state index is 14.1. The van der Waals surface area contributed by atoms with Crippen molar-refractivity contribution >= 4 is 11.8 Å². The van der Waals surface area contributed by atoms with Crippen molar-refractivity contribution in [1.29, 1.82) is 0 Å². The van der Waals surface area contributed by atoms with E-state index in [-0.39, 0.29) is 23.8 Å². The van der Waals surface area contributed by atoms with Gasteiger partial charge in [0.05, 0.1) is 11.7 Å². The highest BCUT2D eigenvalue weighted by Crippen LogP contribution is 2.40. The fraction of sp³-hybridized carbons (Fsp3) is 0.303. The molecule has 1 aromatic heterocycles. The third-order valence-electron chi connectivity index (χ3n) is 6.94. The number of rotatable bonds is 11. The molecule has 0 radical (unpaired) electrons. The Morgan fingerprint density at radius 1 is 0.900 bits per heavy atom. The zero-order valence-corrected chi connectivity index (χ0v) is 23.5. The number of nitrogens with two attached hydrogens (primary N) is 2. The molecule has 4 aromatic rings. The van der Waals surface area contributed by atoms with Crippen LogP contribution in [0.4, 0.5) is 0 Å². The standard InChI is InChI=1S/C33H39N5O2/c1-33(2,3)30(38(20-19-27(34)21-29(35)39)32(40)26-17-11-6-12-18-26)31-36-28(25-15-9-5-10-16-25)23-37(31)22-24-13-7-4-8-14-24/h4-18,23,27,30H,19-22,34H2,1-3H3,(H2,35,39). The third-order valence-corrected chi connectivity index (χ3v) is 6.94. The molecule has 2 unspecified atom stereocenters. The minimum atomic E-state index is -0.452. The van der Waals surface area contributed by atoms with E-state index in [4.69, 9.17) is 16.5 Å². The molecule has 4 N–H and O–H groups in total. The molecule has 0 saturated carbocycles. The lowest BCUT2D eigenvalue weighted by Gasteiger charge is -2.40. The van der Waals surface area contributed by atoms with E-state index in [0.717, 1.165) is 22.6 Å². The van der Waals surface area contributed by atoms with Gasteiger partial charge in [-0.1, -0.05) is 99.6 Å². The van der Waals surface area contributed by atoms with Gasteiger partial charge >= 0.3 is 0 Å². The van der Waals surface area contributed by atoms with E-state index in [2.05, 4.69) is 43.7 Å². The average Bonchev–Trinajstić information content (AvgIpc) is 3.33. The molecule has 0 aliphatic heterocycles. The second kappa shape index (κ2) is 12.7. The molecule has 0 saturated heterocycles. The molecule has 7 nitrogen and oxygen atoms in total. The Kier molecular flexibility index (Phi) is 9.17. The monoisotopic (exact) mass is 537 g/mol. The lowest BCUT2D eigenvalue weighted by atomic mass is 9.84. The summed E-state index contributed by atoms with van der Waals surface area (Å²) in [6, 6.07) is 28.7. The van der Waals surface area contributed by atoms with Crippen molar-refractivity contribution in [2.45, 2.75) is 52.2 Å². The summed E-state index contributed by atoms with van der Waals surface area (Å²) in [5, 5.41) is 0. The van der Waals surface area contributed by atoms with Crippen molar-refractivity contribution in [3.63, 3.8) is 0 Å². The van der Waals surface area contributed by atoms with Gasteiger partial charge in [-0.05, 0) is 29.5 Å². The van der Waals surface area contributed by atoms with Gasteiger partial charge in [-0.15, -0.1) is 0 Å². The average molecular weight is 538 g/mol. The van der Waals surface area contributed by atoms with Gasteiger partial charge < -0.3 is 20.9 Å². The van der Waals surface area contributed by atoms with E-state index in [0.29, 0.717) is 25.1 Å². The molecule has 0 fully saturated rings. The molecule has 7 heteroatoms. The summed E-state index contributed by atoms with van der Waals surface area (Å²) in [5.41, 5.74) is 14.9. The van der Waals surface area contributed by atoms with Crippen LogP contribution in [0, 0.1) is 5.41 Å². The summed E-state index contributed by atoms with van der Waals surface area (Å²) in [4.78, 5) is 32.7. The van der Waals surface area contributed by atoms with Crippen LogP contribution in [0.3, 0.4) is 0 Å². The molecule has 0 aliphatic rings. The first-order valence-corrected chi connectivity index (χ1v) is 13.7. The van der Waals surface area contributed by atoms with Crippen LogP contribution in [-0.4, -0.2) is 38.9 Å². The summed E-state index contributed by atoms with van der Waals surface area (Å²) in [5.74, 6) is 0.233. The predicted molar refractivity (Wildman–Crippen MR) is 159 cm³/mol. The normalized spacial score (nSPS) is 13.0. The highest BCUT2D eigenvalue weighted by Gasteiger charge is 2.38. The first-order chi connectivity index (χ1) is 19.1. The van der Waals surface area contributed by atoms with Gasteiger partial charge in [0.2, 0.25) is 5.91 Å². The fourth-order valence-corrected chi connectivity index (χ4v) is 5.06. The summed E-state index contributed by atoms with van der Waals surface area (Å²) in [6.07, 6.45) is 2.56. The first-order valence-electron chi connectivity index (χ1n) is 13.7. The Morgan fingerprint density at radius 2 is 1.48 bits per heavy atom. The van der Waals surface area contributed by atoms with Crippen LogP contribution in [-0.2, 0) is 11.3 Å². The Bertz CT molecular complexity index is 1400. The highest BCUT2D eigenvalue weighted by atomic mass is 16.2. The van der Waals surface area contributed by atoms with Crippen LogP contribution >= 0.6 is 0 Å². The van der Waals surface area contributed by atoms with Crippen molar-refractivity contribution in [3.05, 3.63) is 114 Å². The summed E-state index contributed by atoms with van der Waals surface area (Å²) in [6.45, 7) is 7.32. The van der Waals surface area contributed by atoms with Crippen molar-refractivity contribution < 1.29 is 9.59 Å². The molecule has 0 bridgehead atoms. The Balaban J connectivity index is 1.83. The van der Waals surface area contributed by atoms with E-state index in [9.17, 15) is 9.59 Å². The molecule has 3 aromatic carbocycles. The summed E-state index contributed by atoms with van der Waals surface area (Å²) in [7, 11) is 0. The second-order valence-electron chi connectivity index (χ2n) is 11.3. The van der Waals surface area contributed by atoms with E-state index in [1.165, 1.54) is 0 Å². The zero-order valence-electron chi connectivity index (χ0n) is 23.5. The maximum Gasteiger partial charge on any atom is 0.254 e. The number of nitrogens with zero attached hydrogens (tertiary/aromatic N) is 3. The van der Waals surface area contributed by atoms with E-state index in [1.54, 1.807) is 0 Å². The SMILES string of the molecule is CC(C)(C)C(c1nc(-c2ccccc2)cn1Cc1ccccc1)N(CCC(N)CC(N)=O)C(=O)c1ccccc1. The van der Waals surface area contributed by atoms with Crippen LogP contribution in [0.25, 0.3) is 11.3 Å². The topological polar surface area (TPSA) is 107 Å². The van der Waals surface area contributed by atoms with Crippen LogP contribution < -0.4 is 11.5 Å². The molecule has 2 amide bonds. The van der Waals surface area contributed by atoms with Crippen LogP contribution in [0.1, 0.15) is 61.4 Å². The van der Waals surface area contributed by atoms with Gasteiger partial charge in [-0.3, -0.25) is 9.59 Å². The van der Waals surface area contributed by atoms with E-state index >= 15 is 0 Å². The summed E-state index contributed by atoms with van der Waals surface area (Å²) >= 11 is 0. The fourth-order valence-electron chi connectivity index (χ4n) is 5.06. The minimum Gasteiger partial charge on any atom is -0.370 e. The zero-order chi connectivity index (χ0) is 28.7. The van der Waals surface area contributed by atoms with Gasteiger partial charge in [0.1, 0.15) is 5.82 Å². The smallest absolute Gasteiger partial charge is 0.254 e. The van der Waals surface area contributed by atoms with Gasteiger partial charge in [-0.25, -0.2) is 4.98 Å². The maximum atomic E-state index is 14.1. The molecule has 0 spiro atoms. The molecule has 40 heavy (non-hydrogen) atoms. The van der Waals surface area contributed by atoms with E-state index in [1.807, 2.05) is 83.8 Å². The number of carbonyl (C=O) groups excluding carboxylic acids is 2. The molecule has 4 rings (SSSR count). The number of imidazole rings is 1. The molecule has 2 atom stereocenters. The number of benzene rings is 3. The Labute approximate surface area is 236 Å². The number of carbonyl (C=O) groups is 2. The molecular formula is C33H39N5O2. The van der Waals surface area contributed by atoms with E-state index < -0.39 is 11.9 Å². The molecule has 0 aliphatic carbocycles. The third kappa shape index (κ3) is 7.24. The van der Waals surface area contributed by atoms with Crippen LogP contribution in [0.5, 0.6) is 0 Å². The largest absolute Gasteiger partial charge is 0.370 e. The van der Waals surface area contributed by atoms with Crippen LogP contribution in [0.2, 0.25) is 0 Å². The van der Waals surface area contributed by atoms with Gasteiger partial charge in [0.25, 0.3) is 5.91 Å².